The van der Waals surface area contributed by atoms with Gasteiger partial charge in [-0.05, 0) is 24.3 Å². The lowest BCUT2D eigenvalue weighted by atomic mass is 10.1. The second kappa shape index (κ2) is 7.85. The molecule has 142 valence electrons. The molecular formula is C22H16N4O3. The number of hydrogen-bond donors (Lipinski definition) is 1. The van der Waals surface area contributed by atoms with Crippen LogP contribution in [-0.4, -0.2) is 33.1 Å². The van der Waals surface area contributed by atoms with Crippen molar-refractivity contribution in [3.63, 3.8) is 0 Å². The average molecular weight is 384 g/mol. The summed E-state index contributed by atoms with van der Waals surface area (Å²) in [7, 11) is 0. The van der Waals surface area contributed by atoms with Crippen LogP contribution in [0.5, 0.6) is 0 Å². The van der Waals surface area contributed by atoms with E-state index < -0.39 is 11.8 Å². The van der Waals surface area contributed by atoms with Crippen molar-refractivity contribution in [1.82, 2.24) is 15.0 Å². The van der Waals surface area contributed by atoms with Crippen LogP contribution in [0.15, 0.2) is 73.2 Å². The molecule has 0 bridgehead atoms. The molecule has 0 atom stereocenters. The number of aromatic nitrogens is 3. The van der Waals surface area contributed by atoms with Crippen molar-refractivity contribution in [2.24, 2.45) is 0 Å². The lowest BCUT2D eigenvalue weighted by Crippen LogP contribution is -2.38. The molecule has 0 aliphatic carbocycles. The van der Waals surface area contributed by atoms with Crippen LogP contribution in [0, 0.1) is 0 Å². The number of fused-ring (bicyclic) bond motifs is 1. The number of imide groups is 1. The SMILES string of the molecule is O=CCc1c[nH]c2c(N(C(=O)c3ccccc3)C(=O)c3ccccc3)ncnc12. The molecule has 2 amide bonds. The lowest BCUT2D eigenvalue weighted by Gasteiger charge is -2.20. The average Bonchev–Trinajstić information content (AvgIpc) is 3.19. The van der Waals surface area contributed by atoms with Crippen molar-refractivity contribution < 1.29 is 14.4 Å². The predicted octanol–water partition coefficient (Wildman–Crippen LogP) is 3.19. The summed E-state index contributed by atoms with van der Waals surface area (Å²) in [6.45, 7) is 0. The molecule has 4 aromatic rings. The molecule has 0 aliphatic rings. The van der Waals surface area contributed by atoms with E-state index in [1.54, 1.807) is 66.9 Å². The van der Waals surface area contributed by atoms with Gasteiger partial charge < -0.3 is 9.78 Å². The zero-order chi connectivity index (χ0) is 20.2. The third-order valence-corrected chi connectivity index (χ3v) is 4.48. The van der Waals surface area contributed by atoms with Gasteiger partial charge in [-0.1, -0.05) is 36.4 Å². The molecule has 0 spiro atoms. The Morgan fingerprint density at radius 3 is 2.03 bits per heavy atom. The molecule has 29 heavy (non-hydrogen) atoms. The van der Waals surface area contributed by atoms with Crippen LogP contribution in [-0.2, 0) is 11.2 Å². The Labute approximate surface area is 166 Å². The molecule has 2 aromatic heterocycles. The van der Waals surface area contributed by atoms with Crippen molar-refractivity contribution in [1.29, 1.82) is 0 Å². The molecule has 4 rings (SSSR count). The second-order valence-electron chi connectivity index (χ2n) is 6.28. The van der Waals surface area contributed by atoms with Crippen LogP contribution >= 0.6 is 0 Å². The minimum Gasteiger partial charge on any atom is -0.357 e. The fourth-order valence-electron chi connectivity index (χ4n) is 3.10. The van der Waals surface area contributed by atoms with E-state index in [-0.39, 0.29) is 12.2 Å². The van der Waals surface area contributed by atoms with Gasteiger partial charge in [0.25, 0.3) is 11.8 Å². The minimum atomic E-state index is -0.508. The molecule has 7 heteroatoms. The van der Waals surface area contributed by atoms with E-state index in [1.807, 2.05) is 0 Å². The number of carbonyl (C=O) groups is 3. The number of H-pyrrole nitrogens is 1. The molecule has 2 heterocycles. The molecule has 0 fully saturated rings. The normalized spacial score (nSPS) is 10.6. The highest BCUT2D eigenvalue weighted by atomic mass is 16.2. The van der Waals surface area contributed by atoms with E-state index in [0.717, 1.165) is 11.2 Å². The lowest BCUT2D eigenvalue weighted by molar-refractivity contribution is -0.107. The Balaban J connectivity index is 1.89. The number of amides is 2. The molecule has 0 aliphatic heterocycles. The molecule has 0 unspecified atom stereocenters. The quantitative estimate of drug-likeness (QED) is 0.421. The summed E-state index contributed by atoms with van der Waals surface area (Å²) in [6, 6.07) is 17.0. The Morgan fingerprint density at radius 1 is 0.897 bits per heavy atom. The Kier molecular flexibility index (Phi) is 4.94. The van der Waals surface area contributed by atoms with Crippen molar-refractivity contribution in [2.75, 3.05) is 4.90 Å². The summed E-state index contributed by atoms with van der Waals surface area (Å²) < 4.78 is 0. The van der Waals surface area contributed by atoms with Crippen molar-refractivity contribution in [2.45, 2.75) is 6.42 Å². The van der Waals surface area contributed by atoms with Crippen molar-refractivity contribution in [3.05, 3.63) is 89.9 Å². The fourth-order valence-corrected chi connectivity index (χ4v) is 3.10. The van der Waals surface area contributed by atoms with Gasteiger partial charge in [0.2, 0.25) is 0 Å². The van der Waals surface area contributed by atoms with E-state index in [9.17, 15) is 14.4 Å². The topological polar surface area (TPSA) is 96.0 Å². The van der Waals surface area contributed by atoms with Crippen LogP contribution < -0.4 is 4.90 Å². The first-order valence-corrected chi connectivity index (χ1v) is 8.94. The van der Waals surface area contributed by atoms with E-state index in [1.165, 1.54) is 6.33 Å². The highest BCUT2D eigenvalue weighted by Gasteiger charge is 2.29. The Morgan fingerprint density at radius 2 is 1.48 bits per heavy atom. The molecule has 0 radical (unpaired) electrons. The first kappa shape index (κ1) is 18.2. The van der Waals surface area contributed by atoms with Gasteiger partial charge in [-0.15, -0.1) is 0 Å². The molecule has 0 saturated heterocycles. The monoisotopic (exact) mass is 384 g/mol. The third-order valence-electron chi connectivity index (χ3n) is 4.48. The Hall–Kier alpha value is -4.13. The first-order valence-electron chi connectivity index (χ1n) is 8.94. The van der Waals surface area contributed by atoms with Gasteiger partial charge in [0, 0.05) is 29.3 Å². The number of aromatic amines is 1. The van der Waals surface area contributed by atoms with Crippen LogP contribution in [0.4, 0.5) is 5.82 Å². The third kappa shape index (κ3) is 3.41. The molecule has 7 nitrogen and oxygen atoms in total. The summed E-state index contributed by atoms with van der Waals surface area (Å²) in [5.41, 5.74) is 2.27. The summed E-state index contributed by atoms with van der Waals surface area (Å²) in [5.74, 6) is -0.883. The van der Waals surface area contributed by atoms with E-state index in [4.69, 9.17) is 0 Å². The number of nitrogens with zero attached hydrogens (tertiary/aromatic N) is 3. The molecular weight excluding hydrogens is 368 g/mol. The van der Waals surface area contributed by atoms with Crippen LogP contribution in [0.3, 0.4) is 0 Å². The smallest absolute Gasteiger partial charge is 0.266 e. The van der Waals surface area contributed by atoms with Crippen molar-refractivity contribution in [3.8, 4) is 0 Å². The molecule has 1 N–H and O–H groups in total. The summed E-state index contributed by atoms with van der Waals surface area (Å²) in [4.78, 5) is 50.1. The van der Waals surface area contributed by atoms with Gasteiger partial charge in [-0.25, -0.2) is 14.9 Å². The van der Waals surface area contributed by atoms with E-state index >= 15 is 0 Å². The zero-order valence-corrected chi connectivity index (χ0v) is 15.3. The van der Waals surface area contributed by atoms with E-state index in [2.05, 4.69) is 15.0 Å². The van der Waals surface area contributed by atoms with Gasteiger partial charge in [-0.2, -0.15) is 0 Å². The van der Waals surface area contributed by atoms with Gasteiger partial charge in [0.05, 0.1) is 5.52 Å². The number of rotatable bonds is 5. The van der Waals surface area contributed by atoms with Crippen LogP contribution in [0.25, 0.3) is 11.0 Å². The van der Waals surface area contributed by atoms with Crippen LogP contribution in [0.2, 0.25) is 0 Å². The highest BCUT2D eigenvalue weighted by molar-refractivity contribution is 6.27. The zero-order valence-electron chi connectivity index (χ0n) is 15.3. The Bertz CT molecular complexity index is 1140. The van der Waals surface area contributed by atoms with Crippen molar-refractivity contribution >= 4 is 35.0 Å². The first-order chi connectivity index (χ1) is 14.2. The number of carbonyl (C=O) groups excluding carboxylic acids is 3. The molecule has 2 aromatic carbocycles. The second-order valence-corrected chi connectivity index (χ2v) is 6.28. The standard InChI is InChI=1S/C22H16N4O3/c27-12-11-17-13-23-19-18(17)24-14-25-20(19)26(21(28)15-7-3-1-4-8-15)22(29)16-9-5-2-6-10-16/h1-10,12-14,23H,11H2. The number of hydrogen-bond acceptors (Lipinski definition) is 5. The van der Waals surface area contributed by atoms with E-state index in [0.29, 0.717) is 27.7 Å². The minimum absolute atomic E-state index is 0.134. The summed E-state index contributed by atoms with van der Waals surface area (Å²) >= 11 is 0. The maximum atomic E-state index is 13.3. The van der Waals surface area contributed by atoms with Crippen LogP contribution in [0.1, 0.15) is 26.3 Å². The predicted molar refractivity (Wildman–Crippen MR) is 108 cm³/mol. The highest BCUT2D eigenvalue weighted by Crippen LogP contribution is 2.27. The maximum Gasteiger partial charge on any atom is 0.266 e. The largest absolute Gasteiger partial charge is 0.357 e. The van der Waals surface area contributed by atoms with Gasteiger partial charge in [-0.3, -0.25) is 9.59 Å². The van der Waals surface area contributed by atoms with Gasteiger partial charge >= 0.3 is 0 Å². The van der Waals surface area contributed by atoms with Gasteiger partial charge in [0.1, 0.15) is 18.1 Å². The number of aldehydes is 1. The summed E-state index contributed by atoms with van der Waals surface area (Å²) in [6.07, 6.45) is 3.85. The number of nitrogens with one attached hydrogen (secondary N) is 1. The molecule has 0 saturated carbocycles. The number of anilines is 1. The number of benzene rings is 2. The fraction of sp³-hybridized carbons (Fsp3) is 0.0455. The maximum absolute atomic E-state index is 13.3. The van der Waals surface area contributed by atoms with Gasteiger partial charge in [0.15, 0.2) is 5.82 Å². The summed E-state index contributed by atoms with van der Waals surface area (Å²) in [5, 5.41) is 0.